The van der Waals surface area contributed by atoms with Crippen LogP contribution < -0.4 is 0 Å². The van der Waals surface area contributed by atoms with E-state index in [0.717, 1.165) is 37.1 Å². The molecule has 1 aliphatic rings. The van der Waals surface area contributed by atoms with Gasteiger partial charge in [-0.25, -0.2) is 0 Å². The summed E-state index contributed by atoms with van der Waals surface area (Å²) >= 11 is 0. The molecule has 1 N–H and O–H groups in total. The van der Waals surface area contributed by atoms with E-state index in [1.165, 1.54) is 0 Å². The summed E-state index contributed by atoms with van der Waals surface area (Å²) < 4.78 is 0. The molecule has 0 atom stereocenters. The van der Waals surface area contributed by atoms with E-state index in [-0.39, 0.29) is 5.91 Å². The third-order valence-electron chi connectivity index (χ3n) is 3.36. The number of H-pyrrole nitrogens is 1. The van der Waals surface area contributed by atoms with Crippen molar-refractivity contribution < 1.29 is 4.79 Å². The van der Waals surface area contributed by atoms with Gasteiger partial charge in [0.2, 0.25) is 0 Å². The van der Waals surface area contributed by atoms with Crippen LogP contribution in [0, 0.1) is 0 Å². The van der Waals surface area contributed by atoms with E-state index >= 15 is 0 Å². The van der Waals surface area contributed by atoms with Gasteiger partial charge in [0, 0.05) is 38.6 Å². The average Bonchev–Trinajstić information content (AvgIpc) is 2.82. The third kappa shape index (κ3) is 1.84. The van der Waals surface area contributed by atoms with Gasteiger partial charge >= 0.3 is 0 Å². The van der Waals surface area contributed by atoms with Crippen molar-refractivity contribution in [2.24, 2.45) is 0 Å². The number of piperazine rings is 1. The van der Waals surface area contributed by atoms with Crippen LogP contribution in [0.3, 0.4) is 0 Å². The van der Waals surface area contributed by atoms with E-state index in [4.69, 9.17) is 0 Å². The van der Waals surface area contributed by atoms with Crippen molar-refractivity contribution in [3.63, 3.8) is 0 Å². The number of amides is 1. The lowest BCUT2D eigenvalue weighted by atomic mass is 10.2. The van der Waals surface area contributed by atoms with Crippen LogP contribution in [0.1, 0.15) is 10.5 Å². The molecule has 6 heteroatoms. The molecule has 3 rings (SSSR count). The van der Waals surface area contributed by atoms with Crippen LogP contribution in [0.4, 0.5) is 0 Å². The van der Waals surface area contributed by atoms with Crippen LogP contribution in [0.2, 0.25) is 0 Å². The minimum atomic E-state index is -0.0117. The summed E-state index contributed by atoms with van der Waals surface area (Å²) in [7, 11) is 2.07. The van der Waals surface area contributed by atoms with Crippen LogP contribution in [0.15, 0.2) is 18.5 Å². The molecule has 1 fully saturated rings. The van der Waals surface area contributed by atoms with Gasteiger partial charge in [0.05, 0.1) is 10.9 Å². The van der Waals surface area contributed by atoms with E-state index in [1.807, 2.05) is 11.0 Å². The second-order valence-electron chi connectivity index (χ2n) is 4.59. The van der Waals surface area contributed by atoms with Crippen LogP contribution >= 0.6 is 0 Å². The molecule has 1 aliphatic heterocycles. The molecule has 0 radical (unpaired) electrons. The number of pyridine rings is 1. The molecule has 0 aliphatic carbocycles. The van der Waals surface area contributed by atoms with E-state index in [1.54, 1.807) is 12.4 Å². The molecule has 0 aromatic carbocycles. The fraction of sp³-hybridized carbons (Fsp3) is 0.417. The molecule has 0 spiro atoms. The molecule has 3 heterocycles. The Balaban J connectivity index is 1.88. The van der Waals surface area contributed by atoms with Gasteiger partial charge in [-0.2, -0.15) is 5.10 Å². The maximum Gasteiger partial charge on any atom is 0.275 e. The van der Waals surface area contributed by atoms with Crippen LogP contribution in [0.25, 0.3) is 10.9 Å². The highest BCUT2D eigenvalue weighted by atomic mass is 16.2. The van der Waals surface area contributed by atoms with Crippen LogP contribution in [0.5, 0.6) is 0 Å². The number of aromatic amines is 1. The molecular formula is C12H15N5O. The molecule has 0 unspecified atom stereocenters. The van der Waals surface area contributed by atoms with E-state index in [9.17, 15) is 4.79 Å². The van der Waals surface area contributed by atoms with Crippen molar-refractivity contribution in [1.29, 1.82) is 0 Å². The standard InChI is InChI=1S/C12H15N5O/c1-16-4-6-17(7-5-16)12(18)11-9-8-13-3-2-10(9)14-15-11/h2-3,8H,4-7H2,1H3,(H,14,15). The predicted octanol–water partition coefficient (Wildman–Crippen LogP) is 0.345. The van der Waals surface area contributed by atoms with E-state index < -0.39 is 0 Å². The Morgan fingerprint density at radius 1 is 1.33 bits per heavy atom. The van der Waals surface area contributed by atoms with Crippen molar-refractivity contribution in [3.05, 3.63) is 24.2 Å². The Morgan fingerprint density at radius 3 is 2.89 bits per heavy atom. The van der Waals surface area contributed by atoms with E-state index in [0.29, 0.717) is 5.69 Å². The predicted molar refractivity (Wildman–Crippen MR) is 67.3 cm³/mol. The van der Waals surface area contributed by atoms with Gasteiger partial charge in [-0.3, -0.25) is 14.9 Å². The highest BCUT2D eigenvalue weighted by Gasteiger charge is 2.23. The summed E-state index contributed by atoms with van der Waals surface area (Å²) in [5, 5.41) is 7.78. The number of aromatic nitrogens is 3. The topological polar surface area (TPSA) is 65.1 Å². The van der Waals surface area contributed by atoms with E-state index in [2.05, 4.69) is 27.1 Å². The number of carbonyl (C=O) groups is 1. The number of nitrogens with zero attached hydrogens (tertiary/aromatic N) is 4. The number of likely N-dealkylation sites (N-methyl/N-ethyl adjacent to an activating group) is 1. The Bertz CT molecular complexity index is 571. The smallest absolute Gasteiger partial charge is 0.275 e. The maximum atomic E-state index is 12.4. The summed E-state index contributed by atoms with van der Waals surface area (Å²) in [6, 6.07) is 1.82. The zero-order chi connectivity index (χ0) is 12.5. The molecule has 94 valence electrons. The van der Waals surface area contributed by atoms with Crippen molar-refractivity contribution in [2.45, 2.75) is 0 Å². The molecule has 0 bridgehead atoms. The molecule has 18 heavy (non-hydrogen) atoms. The normalized spacial score (nSPS) is 17.3. The average molecular weight is 245 g/mol. The minimum Gasteiger partial charge on any atom is -0.335 e. The monoisotopic (exact) mass is 245 g/mol. The molecular weight excluding hydrogens is 230 g/mol. The van der Waals surface area contributed by atoms with Gasteiger partial charge in [0.25, 0.3) is 5.91 Å². The summed E-state index contributed by atoms with van der Waals surface area (Å²) in [5.41, 5.74) is 1.32. The van der Waals surface area contributed by atoms with Crippen molar-refractivity contribution >= 4 is 16.8 Å². The highest BCUT2D eigenvalue weighted by molar-refractivity contribution is 6.04. The van der Waals surface area contributed by atoms with Crippen LogP contribution in [-0.2, 0) is 0 Å². The Labute approximate surface area is 105 Å². The zero-order valence-corrected chi connectivity index (χ0v) is 10.3. The molecule has 2 aromatic heterocycles. The molecule has 2 aromatic rings. The first kappa shape index (κ1) is 11.2. The molecule has 1 saturated heterocycles. The number of fused-ring (bicyclic) bond motifs is 1. The number of carbonyl (C=O) groups excluding carboxylic acids is 1. The zero-order valence-electron chi connectivity index (χ0n) is 10.3. The first-order chi connectivity index (χ1) is 8.75. The van der Waals surface area contributed by atoms with Gasteiger partial charge in [-0.1, -0.05) is 0 Å². The molecule has 1 amide bonds. The van der Waals surface area contributed by atoms with Crippen LogP contribution in [-0.4, -0.2) is 64.1 Å². The Kier molecular flexibility index (Phi) is 2.71. The van der Waals surface area contributed by atoms with Crippen molar-refractivity contribution in [3.8, 4) is 0 Å². The first-order valence-corrected chi connectivity index (χ1v) is 6.01. The SMILES string of the molecule is CN1CCN(C(=O)c2n[nH]c3ccncc23)CC1. The summed E-state index contributed by atoms with van der Waals surface area (Å²) in [6.07, 6.45) is 3.37. The quantitative estimate of drug-likeness (QED) is 0.787. The number of hydrogen-bond donors (Lipinski definition) is 1. The maximum absolute atomic E-state index is 12.4. The lowest BCUT2D eigenvalue weighted by Gasteiger charge is -2.31. The fourth-order valence-electron chi connectivity index (χ4n) is 2.18. The van der Waals surface area contributed by atoms with Gasteiger partial charge in [-0.15, -0.1) is 0 Å². The van der Waals surface area contributed by atoms with Gasteiger partial charge in [0.1, 0.15) is 0 Å². The second kappa shape index (κ2) is 4.38. The van der Waals surface area contributed by atoms with Crippen molar-refractivity contribution in [2.75, 3.05) is 33.2 Å². The lowest BCUT2D eigenvalue weighted by Crippen LogP contribution is -2.47. The highest BCUT2D eigenvalue weighted by Crippen LogP contribution is 2.16. The van der Waals surface area contributed by atoms with Gasteiger partial charge < -0.3 is 9.80 Å². The second-order valence-corrected chi connectivity index (χ2v) is 4.59. The summed E-state index contributed by atoms with van der Waals surface area (Å²) in [6.45, 7) is 3.33. The Hall–Kier alpha value is -1.95. The summed E-state index contributed by atoms with van der Waals surface area (Å²) in [5.74, 6) is -0.0117. The minimum absolute atomic E-state index is 0.0117. The summed E-state index contributed by atoms with van der Waals surface area (Å²) in [4.78, 5) is 20.5. The van der Waals surface area contributed by atoms with Gasteiger partial charge in [0.15, 0.2) is 5.69 Å². The van der Waals surface area contributed by atoms with Gasteiger partial charge in [-0.05, 0) is 13.1 Å². The Morgan fingerprint density at radius 2 is 2.11 bits per heavy atom. The lowest BCUT2D eigenvalue weighted by molar-refractivity contribution is 0.0660. The largest absolute Gasteiger partial charge is 0.335 e. The number of hydrogen-bond acceptors (Lipinski definition) is 4. The fourth-order valence-corrected chi connectivity index (χ4v) is 2.18. The van der Waals surface area contributed by atoms with Crippen molar-refractivity contribution in [1.82, 2.24) is 25.0 Å². The molecule has 0 saturated carbocycles. The first-order valence-electron chi connectivity index (χ1n) is 6.01. The number of rotatable bonds is 1. The molecule has 6 nitrogen and oxygen atoms in total. The number of nitrogens with one attached hydrogen (secondary N) is 1. The third-order valence-corrected chi connectivity index (χ3v) is 3.36.